The number of aryl methyl sites for hydroxylation is 1. The first-order valence-corrected chi connectivity index (χ1v) is 5.84. The van der Waals surface area contributed by atoms with Crippen molar-refractivity contribution in [3.63, 3.8) is 0 Å². The van der Waals surface area contributed by atoms with Gasteiger partial charge in [0.05, 0.1) is 0 Å². The summed E-state index contributed by atoms with van der Waals surface area (Å²) >= 11 is 0. The molecule has 1 unspecified atom stereocenters. The van der Waals surface area contributed by atoms with Crippen molar-refractivity contribution in [3.8, 4) is 0 Å². The van der Waals surface area contributed by atoms with Crippen LogP contribution in [0.5, 0.6) is 0 Å². The third-order valence-electron chi connectivity index (χ3n) is 2.79. The SMILES string of the molecule is CCCC(Cc1ccc(CC)cc1)NN. The lowest BCUT2D eigenvalue weighted by Gasteiger charge is -2.14. The molecule has 2 nitrogen and oxygen atoms in total. The molecular formula is C13H22N2. The molecule has 1 aromatic rings. The zero-order valence-electron chi connectivity index (χ0n) is 9.79. The molecule has 0 radical (unpaired) electrons. The van der Waals surface area contributed by atoms with Gasteiger partial charge in [-0.15, -0.1) is 0 Å². The summed E-state index contributed by atoms with van der Waals surface area (Å²) in [6, 6.07) is 9.23. The maximum Gasteiger partial charge on any atom is 0.0250 e. The van der Waals surface area contributed by atoms with E-state index < -0.39 is 0 Å². The first-order valence-electron chi connectivity index (χ1n) is 5.84. The molecule has 1 aromatic carbocycles. The van der Waals surface area contributed by atoms with Crippen LogP contribution >= 0.6 is 0 Å². The van der Waals surface area contributed by atoms with Gasteiger partial charge in [-0.05, 0) is 30.4 Å². The second kappa shape index (κ2) is 6.59. The first kappa shape index (κ1) is 12.2. The van der Waals surface area contributed by atoms with Gasteiger partial charge in [0.2, 0.25) is 0 Å². The highest BCUT2D eigenvalue weighted by molar-refractivity contribution is 5.23. The van der Waals surface area contributed by atoms with Crippen molar-refractivity contribution in [3.05, 3.63) is 35.4 Å². The van der Waals surface area contributed by atoms with Crippen LogP contribution in [-0.2, 0) is 12.8 Å². The summed E-state index contributed by atoms with van der Waals surface area (Å²) in [5.41, 5.74) is 5.64. The third-order valence-corrected chi connectivity index (χ3v) is 2.79. The minimum Gasteiger partial charge on any atom is -0.271 e. The van der Waals surface area contributed by atoms with E-state index >= 15 is 0 Å². The lowest BCUT2D eigenvalue weighted by Crippen LogP contribution is -2.36. The Morgan fingerprint density at radius 2 is 1.73 bits per heavy atom. The van der Waals surface area contributed by atoms with Crippen LogP contribution in [-0.4, -0.2) is 6.04 Å². The van der Waals surface area contributed by atoms with E-state index in [-0.39, 0.29) is 0 Å². The number of hydrogen-bond acceptors (Lipinski definition) is 2. The predicted octanol–water partition coefficient (Wildman–Crippen LogP) is 2.42. The summed E-state index contributed by atoms with van der Waals surface area (Å²) in [4.78, 5) is 0. The summed E-state index contributed by atoms with van der Waals surface area (Å²) in [5, 5.41) is 0. The minimum absolute atomic E-state index is 0.405. The predicted molar refractivity (Wildman–Crippen MR) is 65.5 cm³/mol. The number of rotatable bonds is 6. The van der Waals surface area contributed by atoms with E-state index in [9.17, 15) is 0 Å². The van der Waals surface area contributed by atoms with Gasteiger partial charge in [-0.1, -0.05) is 44.5 Å². The van der Waals surface area contributed by atoms with Gasteiger partial charge in [-0.3, -0.25) is 11.3 Å². The largest absolute Gasteiger partial charge is 0.271 e. The summed E-state index contributed by atoms with van der Waals surface area (Å²) in [6.45, 7) is 4.36. The molecule has 0 spiro atoms. The Balaban J connectivity index is 2.55. The van der Waals surface area contributed by atoms with Crippen molar-refractivity contribution in [2.24, 2.45) is 5.84 Å². The molecule has 0 aliphatic carbocycles. The number of nitrogens with one attached hydrogen (secondary N) is 1. The Morgan fingerprint density at radius 3 is 2.20 bits per heavy atom. The Hall–Kier alpha value is -0.860. The molecule has 3 N–H and O–H groups in total. The molecule has 0 aromatic heterocycles. The Morgan fingerprint density at radius 1 is 1.13 bits per heavy atom. The van der Waals surface area contributed by atoms with Crippen LogP contribution in [0.4, 0.5) is 0 Å². The summed E-state index contributed by atoms with van der Waals surface area (Å²) in [7, 11) is 0. The highest BCUT2D eigenvalue weighted by Crippen LogP contribution is 2.09. The minimum atomic E-state index is 0.405. The lowest BCUT2D eigenvalue weighted by atomic mass is 10.0. The van der Waals surface area contributed by atoms with E-state index in [0.717, 1.165) is 19.3 Å². The van der Waals surface area contributed by atoms with Crippen LogP contribution in [0, 0.1) is 0 Å². The Kier molecular flexibility index (Phi) is 5.37. The molecule has 0 amide bonds. The number of hydrogen-bond donors (Lipinski definition) is 2. The molecule has 1 rings (SSSR count). The molecule has 0 bridgehead atoms. The van der Waals surface area contributed by atoms with Gasteiger partial charge in [0.15, 0.2) is 0 Å². The lowest BCUT2D eigenvalue weighted by molar-refractivity contribution is 0.486. The summed E-state index contributed by atoms with van der Waals surface area (Å²) < 4.78 is 0. The molecule has 0 heterocycles. The molecule has 2 heteroatoms. The summed E-state index contributed by atoms with van der Waals surface area (Å²) in [6.07, 6.45) is 4.43. The fourth-order valence-corrected chi connectivity index (χ4v) is 1.79. The van der Waals surface area contributed by atoms with E-state index in [1.165, 1.54) is 17.5 Å². The normalized spacial score (nSPS) is 12.7. The van der Waals surface area contributed by atoms with Crippen molar-refractivity contribution in [1.29, 1.82) is 0 Å². The number of hydrazine groups is 1. The molecular weight excluding hydrogens is 184 g/mol. The van der Waals surface area contributed by atoms with Crippen molar-refractivity contribution in [2.45, 2.75) is 45.6 Å². The molecule has 1 atom stereocenters. The third kappa shape index (κ3) is 4.02. The van der Waals surface area contributed by atoms with Gasteiger partial charge >= 0.3 is 0 Å². The zero-order valence-corrected chi connectivity index (χ0v) is 9.79. The molecule has 0 aliphatic heterocycles. The van der Waals surface area contributed by atoms with Gasteiger partial charge in [-0.2, -0.15) is 0 Å². The highest BCUT2D eigenvalue weighted by atomic mass is 15.2. The van der Waals surface area contributed by atoms with Gasteiger partial charge < -0.3 is 0 Å². The molecule has 0 fully saturated rings. The number of benzene rings is 1. The van der Waals surface area contributed by atoms with Gasteiger partial charge in [0.1, 0.15) is 0 Å². The summed E-state index contributed by atoms with van der Waals surface area (Å²) in [5.74, 6) is 5.51. The van der Waals surface area contributed by atoms with E-state index in [4.69, 9.17) is 5.84 Å². The van der Waals surface area contributed by atoms with Crippen molar-refractivity contribution >= 4 is 0 Å². The van der Waals surface area contributed by atoms with Gasteiger partial charge in [-0.25, -0.2) is 0 Å². The van der Waals surface area contributed by atoms with E-state index in [2.05, 4.69) is 43.5 Å². The quantitative estimate of drug-likeness (QED) is 0.554. The van der Waals surface area contributed by atoms with E-state index in [1.54, 1.807) is 0 Å². The van der Waals surface area contributed by atoms with E-state index in [1.807, 2.05) is 0 Å². The van der Waals surface area contributed by atoms with Gasteiger partial charge in [0, 0.05) is 6.04 Å². The second-order valence-electron chi connectivity index (χ2n) is 4.03. The molecule has 15 heavy (non-hydrogen) atoms. The maximum atomic E-state index is 5.51. The smallest absolute Gasteiger partial charge is 0.0250 e. The second-order valence-corrected chi connectivity index (χ2v) is 4.03. The van der Waals surface area contributed by atoms with Crippen LogP contribution in [0.25, 0.3) is 0 Å². The van der Waals surface area contributed by atoms with Crippen molar-refractivity contribution in [2.75, 3.05) is 0 Å². The standard InChI is InChI=1S/C13H22N2/c1-3-5-13(15-14)10-12-8-6-11(4-2)7-9-12/h6-9,13,15H,3-5,10,14H2,1-2H3. The van der Waals surface area contributed by atoms with Crippen LogP contribution in [0.15, 0.2) is 24.3 Å². The Bertz CT molecular complexity index is 266. The topological polar surface area (TPSA) is 38.0 Å². The monoisotopic (exact) mass is 206 g/mol. The zero-order chi connectivity index (χ0) is 11.1. The fourth-order valence-electron chi connectivity index (χ4n) is 1.79. The molecule has 0 saturated carbocycles. The van der Waals surface area contributed by atoms with Crippen LogP contribution in [0.1, 0.15) is 37.8 Å². The van der Waals surface area contributed by atoms with Gasteiger partial charge in [0.25, 0.3) is 0 Å². The van der Waals surface area contributed by atoms with Crippen LogP contribution < -0.4 is 11.3 Å². The number of nitrogens with two attached hydrogens (primary N) is 1. The maximum absolute atomic E-state index is 5.51. The van der Waals surface area contributed by atoms with Crippen LogP contribution in [0.3, 0.4) is 0 Å². The fraction of sp³-hybridized carbons (Fsp3) is 0.538. The molecule has 0 aliphatic rings. The first-order chi connectivity index (χ1) is 7.30. The molecule has 84 valence electrons. The average Bonchev–Trinajstić information content (AvgIpc) is 2.29. The Labute approximate surface area is 92.8 Å². The highest BCUT2D eigenvalue weighted by Gasteiger charge is 2.05. The van der Waals surface area contributed by atoms with Crippen molar-refractivity contribution in [1.82, 2.24) is 5.43 Å². The van der Waals surface area contributed by atoms with E-state index in [0.29, 0.717) is 6.04 Å². The van der Waals surface area contributed by atoms with Crippen molar-refractivity contribution < 1.29 is 0 Å². The molecule has 0 saturated heterocycles. The van der Waals surface area contributed by atoms with Crippen LogP contribution in [0.2, 0.25) is 0 Å². The average molecular weight is 206 g/mol.